The lowest BCUT2D eigenvalue weighted by atomic mass is 9.94. The van der Waals surface area contributed by atoms with E-state index in [1.165, 1.54) is 26.5 Å². The van der Waals surface area contributed by atoms with E-state index in [9.17, 15) is 0 Å². The van der Waals surface area contributed by atoms with Gasteiger partial charge in [0.1, 0.15) is 5.75 Å². The van der Waals surface area contributed by atoms with Gasteiger partial charge in [0.05, 0.1) is 7.11 Å². The lowest BCUT2D eigenvalue weighted by Crippen LogP contribution is -2.01. The summed E-state index contributed by atoms with van der Waals surface area (Å²) < 4.78 is 5.61. The molecule has 21 heavy (non-hydrogen) atoms. The molecule has 0 spiro atoms. The lowest BCUT2D eigenvalue weighted by molar-refractivity contribution is 0.403. The van der Waals surface area contributed by atoms with E-state index in [1.807, 2.05) is 12.1 Å². The van der Waals surface area contributed by atoms with Gasteiger partial charge in [-0.2, -0.15) is 0 Å². The van der Waals surface area contributed by atoms with Gasteiger partial charge in [0.25, 0.3) is 0 Å². The summed E-state index contributed by atoms with van der Waals surface area (Å²) in [5, 5.41) is 0. The summed E-state index contributed by atoms with van der Waals surface area (Å²) in [4.78, 5) is 2.48. The molecule has 2 aromatic carbocycles. The molecule has 0 aromatic heterocycles. The molecule has 0 saturated carbocycles. The number of rotatable bonds is 4. The minimum atomic E-state index is 0.436. The molecule has 0 aliphatic carbocycles. The number of nitrogens with two attached hydrogens (primary N) is 1. The Morgan fingerprint density at radius 2 is 1.71 bits per heavy atom. The van der Waals surface area contributed by atoms with Crippen molar-refractivity contribution in [3.63, 3.8) is 0 Å². The topological polar surface area (TPSA) is 35.2 Å². The monoisotopic (exact) mass is 301 g/mol. The molecule has 0 saturated heterocycles. The lowest BCUT2D eigenvalue weighted by Gasteiger charge is -2.20. The highest BCUT2D eigenvalue weighted by atomic mass is 32.2. The van der Waals surface area contributed by atoms with Gasteiger partial charge >= 0.3 is 0 Å². The Labute approximate surface area is 131 Å². The molecule has 2 rings (SSSR count). The molecule has 0 amide bonds. The number of methoxy groups -OCH3 is 1. The van der Waals surface area contributed by atoms with Crippen LogP contribution in [-0.4, -0.2) is 7.11 Å². The molecular formula is C18H23NOS. The minimum absolute atomic E-state index is 0.436. The summed E-state index contributed by atoms with van der Waals surface area (Å²) in [7, 11) is 1.75. The van der Waals surface area contributed by atoms with Gasteiger partial charge in [0.15, 0.2) is 0 Å². The zero-order chi connectivity index (χ0) is 15.6. The predicted molar refractivity (Wildman–Crippen MR) is 91.5 cm³/mol. The van der Waals surface area contributed by atoms with E-state index >= 15 is 0 Å². The first-order chi connectivity index (χ1) is 9.93. The van der Waals surface area contributed by atoms with Gasteiger partial charge in [-0.05, 0) is 61.2 Å². The molecule has 112 valence electrons. The first-order valence-corrected chi connectivity index (χ1v) is 7.97. The second-order valence-corrected chi connectivity index (χ2v) is 6.70. The molecule has 0 atom stereocenters. The summed E-state index contributed by atoms with van der Waals surface area (Å²) in [5.41, 5.74) is 10.3. The van der Waals surface area contributed by atoms with Crippen molar-refractivity contribution >= 4 is 17.4 Å². The Balaban J connectivity index is 2.47. The first kappa shape index (κ1) is 15.8. The van der Waals surface area contributed by atoms with E-state index in [0.29, 0.717) is 5.92 Å². The van der Waals surface area contributed by atoms with Crippen LogP contribution in [0.25, 0.3) is 0 Å². The summed E-state index contributed by atoms with van der Waals surface area (Å²) >= 11 is 1.78. The average Bonchev–Trinajstić information content (AvgIpc) is 2.44. The Kier molecular flexibility index (Phi) is 4.84. The van der Waals surface area contributed by atoms with Crippen molar-refractivity contribution in [2.24, 2.45) is 0 Å². The summed E-state index contributed by atoms with van der Waals surface area (Å²) in [5.74, 6) is 1.45. The van der Waals surface area contributed by atoms with Gasteiger partial charge < -0.3 is 10.5 Å². The number of anilines is 1. The Hall–Kier alpha value is -1.61. The van der Waals surface area contributed by atoms with Crippen molar-refractivity contribution < 1.29 is 4.74 Å². The number of aryl methyl sites for hydroxylation is 1. The summed E-state index contributed by atoms with van der Waals surface area (Å²) in [6, 6.07) is 10.2. The van der Waals surface area contributed by atoms with Crippen LogP contribution >= 0.6 is 11.8 Å². The van der Waals surface area contributed by atoms with Crippen LogP contribution in [0.5, 0.6) is 5.75 Å². The third kappa shape index (κ3) is 3.35. The number of benzene rings is 2. The molecule has 0 fully saturated rings. The van der Waals surface area contributed by atoms with Crippen molar-refractivity contribution in [3.05, 3.63) is 47.0 Å². The predicted octanol–water partition coefficient (Wildman–Crippen LogP) is 5.17. The smallest absolute Gasteiger partial charge is 0.125 e. The van der Waals surface area contributed by atoms with E-state index in [1.54, 1.807) is 18.9 Å². The molecule has 2 N–H and O–H groups in total. The fourth-order valence-corrected chi connectivity index (χ4v) is 3.65. The minimum Gasteiger partial charge on any atom is -0.496 e. The van der Waals surface area contributed by atoms with Crippen LogP contribution in [0.4, 0.5) is 5.69 Å². The fraction of sp³-hybridized carbons (Fsp3) is 0.333. The zero-order valence-corrected chi connectivity index (χ0v) is 14.2. The van der Waals surface area contributed by atoms with E-state index < -0.39 is 0 Å². The van der Waals surface area contributed by atoms with Crippen LogP contribution in [-0.2, 0) is 0 Å². The maximum Gasteiger partial charge on any atom is 0.125 e. The summed E-state index contributed by atoms with van der Waals surface area (Å²) in [6.07, 6.45) is 0. The molecule has 3 heteroatoms. The quantitative estimate of drug-likeness (QED) is 0.791. The van der Waals surface area contributed by atoms with Gasteiger partial charge in [-0.15, -0.1) is 0 Å². The normalized spacial score (nSPS) is 11.0. The highest BCUT2D eigenvalue weighted by Gasteiger charge is 2.17. The molecule has 0 unspecified atom stereocenters. The molecule has 0 radical (unpaired) electrons. The van der Waals surface area contributed by atoms with Crippen LogP contribution < -0.4 is 10.5 Å². The highest BCUT2D eigenvalue weighted by molar-refractivity contribution is 7.99. The van der Waals surface area contributed by atoms with Gasteiger partial charge in [-0.3, -0.25) is 0 Å². The molecule has 0 heterocycles. The fourth-order valence-electron chi connectivity index (χ4n) is 2.62. The molecule has 2 aromatic rings. The number of hydrogen-bond acceptors (Lipinski definition) is 3. The Morgan fingerprint density at radius 1 is 1.10 bits per heavy atom. The van der Waals surface area contributed by atoms with E-state index in [-0.39, 0.29) is 0 Å². The van der Waals surface area contributed by atoms with Gasteiger partial charge in [0, 0.05) is 21.0 Å². The first-order valence-electron chi connectivity index (χ1n) is 7.15. The third-order valence-corrected chi connectivity index (χ3v) is 4.77. The van der Waals surface area contributed by atoms with Crippen molar-refractivity contribution in [3.8, 4) is 5.75 Å². The molecular weight excluding hydrogens is 278 g/mol. The van der Waals surface area contributed by atoms with Gasteiger partial charge in [-0.25, -0.2) is 0 Å². The third-order valence-electron chi connectivity index (χ3n) is 3.61. The highest BCUT2D eigenvalue weighted by Crippen LogP contribution is 2.40. The van der Waals surface area contributed by atoms with Crippen LogP contribution in [0.1, 0.15) is 36.5 Å². The largest absolute Gasteiger partial charge is 0.496 e. The molecule has 2 nitrogen and oxygen atoms in total. The maximum absolute atomic E-state index is 5.75. The van der Waals surface area contributed by atoms with Gasteiger partial charge in [-0.1, -0.05) is 25.6 Å². The SMILES string of the molecule is COc1c(C)cc(Sc2ccc(N)cc2)c(C)c1C(C)C. The number of nitrogen functional groups attached to an aromatic ring is 1. The van der Waals surface area contributed by atoms with Crippen LogP contribution in [0, 0.1) is 13.8 Å². The van der Waals surface area contributed by atoms with Crippen molar-refractivity contribution in [2.75, 3.05) is 12.8 Å². The van der Waals surface area contributed by atoms with Crippen molar-refractivity contribution in [1.82, 2.24) is 0 Å². The molecule has 0 aliphatic heterocycles. The molecule has 0 aliphatic rings. The second kappa shape index (κ2) is 6.44. The van der Waals surface area contributed by atoms with Crippen LogP contribution in [0.3, 0.4) is 0 Å². The van der Waals surface area contributed by atoms with Crippen LogP contribution in [0.2, 0.25) is 0 Å². The average molecular weight is 301 g/mol. The van der Waals surface area contributed by atoms with E-state index in [0.717, 1.165) is 11.4 Å². The summed E-state index contributed by atoms with van der Waals surface area (Å²) in [6.45, 7) is 8.71. The Bertz CT molecular complexity index is 633. The number of ether oxygens (including phenoxy) is 1. The van der Waals surface area contributed by atoms with Gasteiger partial charge in [0.2, 0.25) is 0 Å². The van der Waals surface area contributed by atoms with E-state index in [2.05, 4.69) is 45.9 Å². The van der Waals surface area contributed by atoms with Crippen LogP contribution in [0.15, 0.2) is 40.1 Å². The van der Waals surface area contributed by atoms with E-state index in [4.69, 9.17) is 10.5 Å². The standard InChI is InChI=1S/C18H23NOS/c1-11(2)17-13(4)16(10-12(3)18(17)20-5)21-15-8-6-14(19)7-9-15/h6-11H,19H2,1-5H3. The number of hydrogen-bond donors (Lipinski definition) is 1. The zero-order valence-electron chi connectivity index (χ0n) is 13.4. The molecule has 0 bridgehead atoms. The van der Waals surface area contributed by atoms with Crippen molar-refractivity contribution in [2.45, 2.75) is 43.4 Å². The Morgan fingerprint density at radius 3 is 2.24 bits per heavy atom. The van der Waals surface area contributed by atoms with Crippen molar-refractivity contribution in [1.29, 1.82) is 0 Å². The maximum atomic E-state index is 5.75. The second-order valence-electron chi connectivity index (χ2n) is 5.59.